The number of benzene rings is 1. The second-order valence-corrected chi connectivity index (χ2v) is 4.22. The van der Waals surface area contributed by atoms with E-state index in [0.717, 1.165) is 11.1 Å². The normalized spacial score (nSPS) is 10.1. The van der Waals surface area contributed by atoms with E-state index >= 15 is 0 Å². The molecule has 0 saturated carbocycles. The highest BCUT2D eigenvalue weighted by molar-refractivity contribution is 5.95. The fourth-order valence-corrected chi connectivity index (χ4v) is 1.98. The predicted molar refractivity (Wildman–Crippen MR) is 71.9 cm³/mol. The van der Waals surface area contributed by atoms with Crippen molar-refractivity contribution in [2.75, 3.05) is 6.61 Å². The minimum Gasteiger partial charge on any atom is -0.461 e. The highest BCUT2D eigenvalue weighted by Gasteiger charge is 2.22. The van der Waals surface area contributed by atoms with Crippen LogP contribution in [-0.2, 0) is 11.2 Å². The van der Waals surface area contributed by atoms with E-state index in [1.54, 1.807) is 13.8 Å². The molecule has 0 N–H and O–H groups in total. The number of aromatic nitrogens is 1. The summed E-state index contributed by atoms with van der Waals surface area (Å²) in [6, 6.07) is 9.50. The van der Waals surface area contributed by atoms with Crippen molar-refractivity contribution in [3.05, 3.63) is 41.3 Å². The summed E-state index contributed by atoms with van der Waals surface area (Å²) in [5, 5.41) is 12.5. The maximum Gasteiger partial charge on any atom is 0.361 e. The minimum atomic E-state index is -0.509. The summed E-state index contributed by atoms with van der Waals surface area (Å²) < 4.78 is 10.1. The van der Waals surface area contributed by atoms with Gasteiger partial charge in [-0.25, -0.2) is 4.79 Å². The van der Waals surface area contributed by atoms with Crippen LogP contribution in [0, 0.1) is 18.3 Å². The molecule has 0 unspecified atom stereocenters. The Bertz CT molecular complexity index is 668. The number of esters is 1. The molecule has 0 saturated heterocycles. The number of hydrogen-bond donors (Lipinski definition) is 0. The van der Waals surface area contributed by atoms with Gasteiger partial charge in [-0.2, -0.15) is 5.26 Å². The molecule has 0 spiro atoms. The first-order valence-corrected chi connectivity index (χ1v) is 6.27. The van der Waals surface area contributed by atoms with Gasteiger partial charge in [0.25, 0.3) is 0 Å². The summed E-state index contributed by atoms with van der Waals surface area (Å²) in [6.07, 6.45) is 0.312. The molecule has 1 heterocycles. The van der Waals surface area contributed by atoms with Crippen LogP contribution in [0.5, 0.6) is 0 Å². The smallest absolute Gasteiger partial charge is 0.361 e. The van der Waals surface area contributed by atoms with Crippen LogP contribution >= 0.6 is 0 Å². The molecule has 5 nitrogen and oxygen atoms in total. The summed E-state index contributed by atoms with van der Waals surface area (Å²) >= 11 is 0. The van der Waals surface area contributed by atoms with Crippen molar-refractivity contribution in [3.8, 4) is 17.2 Å². The Balaban J connectivity index is 2.47. The molecule has 1 aromatic carbocycles. The number of hydrogen-bond acceptors (Lipinski definition) is 5. The summed E-state index contributed by atoms with van der Waals surface area (Å²) in [7, 11) is 0. The Kier molecular flexibility index (Phi) is 4.16. The van der Waals surface area contributed by atoms with E-state index in [1.165, 1.54) is 0 Å². The highest BCUT2D eigenvalue weighted by atomic mass is 16.5. The molecule has 0 aliphatic rings. The second-order valence-electron chi connectivity index (χ2n) is 4.22. The highest BCUT2D eigenvalue weighted by Crippen LogP contribution is 2.28. The number of nitriles is 1. The first kappa shape index (κ1) is 13.8. The van der Waals surface area contributed by atoms with Gasteiger partial charge in [0.2, 0.25) is 0 Å². The molecule has 1 aromatic heterocycles. The van der Waals surface area contributed by atoms with Crippen molar-refractivity contribution in [3.63, 3.8) is 0 Å². The molecule has 102 valence electrons. The van der Waals surface area contributed by atoms with Crippen LogP contribution in [0.2, 0.25) is 0 Å². The molecule has 0 aliphatic carbocycles. The van der Waals surface area contributed by atoms with Gasteiger partial charge >= 0.3 is 5.97 Å². The van der Waals surface area contributed by atoms with Gasteiger partial charge in [0, 0.05) is 0 Å². The first-order valence-electron chi connectivity index (χ1n) is 6.27. The lowest BCUT2D eigenvalue weighted by molar-refractivity contribution is 0.0515. The van der Waals surface area contributed by atoms with Crippen LogP contribution < -0.4 is 0 Å². The van der Waals surface area contributed by atoms with Crippen LogP contribution in [0.4, 0.5) is 0 Å². The Morgan fingerprint density at radius 2 is 2.30 bits per heavy atom. The molecule has 0 aliphatic heterocycles. The van der Waals surface area contributed by atoms with Gasteiger partial charge in [-0.15, -0.1) is 0 Å². The quantitative estimate of drug-likeness (QED) is 0.798. The fraction of sp³-hybridized carbons (Fsp3) is 0.267. The molecule has 0 atom stereocenters. The monoisotopic (exact) mass is 270 g/mol. The summed E-state index contributed by atoms with van der Waals surface area (Å²) in [6.45, 7) is 3.75. The lowest BCUT2D eigenvalue weighted by Crippen LogP contribution is -2.06. The van der Waals surface area contributed by atoms with Crippen LogP contribution in [0.15, 0.2) is 28.8 Å². The average molecular weight is 270 g/mol. The largest absolute Gasteiger partial charge is 0.461 e. The van der Waals surface area contributed by atoms with E-state index in [2.05, 4.69) is 11.2 Å². The topological polar surface area (TPSA) is 76.1 Å². The van der Waals surface area contributed by atoms with Crippen molar-refractivity contribution in [1.29, 1.82) is 5.26 Å². The minimum absolute atomic E-state index is 0.165. The maximum absolute atomic E-state index is 11.9. The van der Waals surface area contributed by atoms with E-state index in [1.807, 2.05) is 24.3 Å². The zero-order valence-corrected chi connectivity index (χ0v) is 11.3. The number of carbonyl (C=O) groups is 1. The van der Waals surface area contributed by atoms with Crippen molar-refractivity contribution in [2.24, 2.45) is 0 Å². The van der Waals surface area contributed by atoms with Crippen LogP contribution in [0.25, 0.3) is 11.1 Å². The zero-order valence-electron chi connectivity index (χ0n) is 11.3. The second kappa shape index (κ2) is 6.02. The fourth-order valence-electron chi connectivity index (χ4n) is 1.98. The Hall–Kier alpha value is -2.61. The molecule has 0 bridgehead atoms. The molecule has 0 fully saturated rings. The van der Waals surface area contributed by atoms with E-state index in [0.29, 0.717) is 17.7 Å². The molecular formula is C15H14N2O3. The third-order valence-electron chi connectivity index (χ3n) is 2.83. The number of carbonyl (C=O) groups excluding carboxylic acids is 1. The van der Waals surface area contributed by atoms with Gasteiger partial charge in [0.05, 0.1) is 24.7 Å². The van der Waals surface area contributed by atoms with E-state index in [4.69, 9.17) is 14.5 Å². The summed E-state index contributed by atoms with van der Waals surface area (Å²) in [5.41, 5.74) is 2.45. The third-order valence-corrected chi connectivity index (χ3v) is 2.83. The van der Waals surface area contributed by atoms with E-state index in [-0.39, 0.29) is 12.3 Å². The van der Waals surface area contributed by atoms with Crippen molar-refractivity contribution in [2.45, 2.75) is 20.3 Å². The molecule has 2 aromatic rings. The predicted octanol–water partition coefficient (Wildman–Crippen LogP) is 2.89. The van der Waals surface area contributed by atoms with Crippen LogP contribution in [0.3, 0.4) is 0 Å². The number of ether oxygens (including phenoxy) is 1. The van der Waals surface area contributed by atoms with E-state index in [9.17, 15) is 4.79 Å². The van der Waals surface area contributed by atoms with Gasteiger partial charge in [-0.3, -0.25) is 0 Å². The van der Waals surface area contributed by atoms with Gasteiger partial charge < -0.3 is 9.26 Å². The third kappa shape index (κ3) is 2.69. The number of rotatable bonds is 4. The molecule has 2 rings (SSSR count). The maximum atomic E-state index is 11.9. The number of nitrogens with zero attached hydrogens (tertiary/aromatic N) is 2. The summed E-state index contributed by atoms with van der Waals surface area (Å²) in [5.74, 6) is 0.0344. The van der Waals surface area contributed by atoms with Gasteiger partial charge in [-0.1, -0.05) is 23.4 Å². The lowest BCUT2D eigenvalue weighted by Gasteiger charge is -2.04. The molecule has 5 heteroatoms. The number of aryl methyl sites for hydroxylation is 1. The van der Waals surface area contributed by atoms with Crippen LogP contribution in [-0.4, -0.2) is 17.7 Å². The molecule has 0 radical (unpaired) electrons. The standard InChI is InChI=1S/C15H14N2O3/c1-3-19-15(18)14-13(10(2)20-17-14)12-6-4-5-11(9-12)7-8-16/h4-6,9H,3,7H2,1-2H3. The molecule has 0 amide bonds. The van der Waals surface area contributed by atoms with Gasteiger partial charge in [0.15, 0.2) is 5.69 Å². The summed E-state index contributed by atoms with van der Waals surface area (Å²) in [4.78, 5) is 11.9. The Labute approximate surface area is 116 Å². The van der Waals surface area contributed by atoms with Gasteiger partial charge in [-0.05, 0) is 31.0 Å². The van der Waals surface area contributed by atoms with Crippen molar-refractivity contribution >= 4 is 5.97 Å². The van der Waals surface area contributed by atoms with Gasteiger partial charge in [0.1, 0.15) is 5.76 Å². The Morgan fingerprint density at radius 3 is 3.00 bits per heavy atom. The first-order chi connectivity index (χ1) is 9.67. The van der Waals surface area contributed by atoms with E-state index < -0.39 is 5.97 Å². The molecular weight excluding hydrogens is 256 g/mol. The van der Waals surface area contributed by atoms with Crippen LogP contribution in [0.1, 0.15) is 28.7 Å². The van der Waals surface area contributed by atoms with Crippen molar-refractivity contribution in [1.82, 2.24) is 5.16 Å². The average Bonchev–Trinajstić information content (AvgIpc) is 2.82. The van der Waals surface area contributed by atoms with Crippen molar-refractivity contribution < 1.29 is 14.1 Å². The lowest BCUT2D eigenvalue weighted by atomic mass is 10.0. The Morgan fingerprint density at radius 1 is 1.50 bits per heavy atom. The zero-order chi connectivity index (χ0) is 14.5. The molecule has 20 heavy (non-hydrogen) atoms. The SMILES string of the molecule is CCOC(=O)c1noc(C)c1-c1cccc(CC#N)c1.